The van der Waals surface area contributed by atoms with Gasteiger partial charge in [-0.3, -0.25) is 4.79 Å². The number of carboxylic acids is 1. The number of amides is 1. The summed E-state index contributed by atoms with van der Waals surface area (Å²) in [5.74, 6) is -0.967. The molecule has 144 valence electrons. The number of nitrogens with one attached hydrogen (secondary N) is 1. The predicted molar refractivity (Wildman–Crippen MR) is 101 cm³/mol. The maximum absolute atomic E-state index is 12.4. The van der Waals surface area contributed by atoms with Crippen LogP contribution in [0.5, 0.6) is 0 Å². The van der Waals surface area contributed by atoms with Gasteiger partial charge in [-0.25, -0.2) is 19.4 Å². The standard InChI is InChI=1S/C19H25N5O3/c1-6-7-8-16(18(26)27)22-17(25)10-15-13(4)23-24(14(15)5)19-20-11(2)9-12(3)21-19/h6,9,16H,1,7-8,10H2,2-5H3,(H,22,25)(H,26,27). The van der Waals surface area contributed by atoms with Crippen molar-refractivity contribution in [2.75, 3.05) is 0 Å². The van der Waals surface area contributed by atoms with Gasteiger partial charge in [0.05, 0.1) is 12.1 Å². The fourth-order valence-electron chi connectivity index (χ4n) is 2.88. The van der Waals surface area contributed by atoms with Gasteiger partial charge in [-0.05, 0) is 46.6 Å². The normalized spacial score (nSPS) is 11.9. The van der Waals surface area contributed by atoms with Crippen molar-refractivity contribution in [1.82, 2.24) is 25.1 Å². The Morgan fingerprint density at radius 3 is 2.44 bits per heavy atom. The van der Waals surface area contributed by atoms with E-state index < -0.39 is 12.0 Å². The molecule has 0 saturated carbocycles. The monoisotopic (exact) mass is 371 g/mol. The second-order valence-corrected chi connectivity index (χ2v) is 6.51. The number of hydrogen-bond donors (Lipinski definition) is 2. The first kappa shape index (κ1) is 20.3. The van der Waals surface area contributed by atoms with Crippen molar-refractivity contribution >= 4 is 11.9 Å². The van der Waals surface area contributed by atoms with Crippen molar-refractivity contribution in [3.63, 3.8) is 0 Å². The summed E-state index contributed by atoms with van der Waals surface area (Å²) < 4.78 is 1.62. The van der Waals surface area contributed by atoms with E-state index in [4.69, 9.17) is 0 Å². The molecule has 0 aliphatic rings. The lowest BCUT2D eigenvalue weighted by Crippen LogP contribution is -2.41. The SMILES string of the molecule is C=CCCC(NC(=O)Cc1c(C)nn(-c2nc(C)cc(C)n2)c1C)C(=O)O. The van der Waals surface area contributed by atoms with Gasteiger partial charge in [0.2, 0.25) is 5.91 Å². The van der Waals surface area contributed by atoms with E-state index in [9.17, 15) is 14.7 Å². The summed E-state index contributed by atoms with van der Waals surface area (Å²) in [6.07, 6.45) is 2.49. The van der Waals surface area contributed by atoms with Crippen molar-refractivity contribution in [1.29, 1.82) is 0 Å². The van der Waals surface area contributed by atoms with Crippen LogP contribution in [0.3, 0.4) is 0 Å². The number of carbonyl (C=O) groups is 2. The maximum atomic E-state index is 12.4. The number of aromatic nitrogens is 4. The van der Waals surface area contributed by atoms with E-state index in [2.05, 4.69) is 27.0 Å². The van der Waals surface area contributed by atoms with Crippen molar-refractivity contribution in [3.05, 3.63) is 47.1 Å². The third kappa shape index (κ3) is 4.99. The molecule has 2 heterocycles. The number of rotatable bonds is 8. The Balaban J connectivity index is 2.22. The molecule has 0 radical (unpaired) electrons. The molecule has 0 bridgehead atoms. The summed E-state index contributed by atoms with van der Waals surface area (Å²) in [7, 11) is 0. The molecule has 2 aromatic rings. The molecule has 1 amide bonds. The first-order valence-electron chi connectivity index (χ1n) is 8.73. The van der Waals surface area contributed by atoms with Crippen molar-refractivity contribution in [3.8, 4) is 5.95 Å². The summed E-state index contributed by atoms with van der Waals surface area (Å²) in [6.45, 7) is 11.0. The van der Waals surface area contributed by atoms with Gasteiger partial charge in [0.25, 0.3) is 5.95 Å². The zero-order valence-corrected chi connectivity index (χ0v) is 16.1. The topological polar surface area (TPSA) is 110 Å². The lowest BCUT2D eigenvalue weighted by Gasteiger charge is -2.13. The van der Waals surface area contributed by atoms with Crippen molar-refractivity contribution < 1.29 is 14.7 Å². The molecule has 2 rings (SSSR count). The Morgan fingerprint density at radius 1 is 1.26 bits per heavy atom. The number of carboxylic acid groups (broad SMARTS) is 1. The number of hydrogen-bond acceptors (Lipinski definition) is 5. The third-order valence-corrected chi connectivity index (χ3v) is 4.23. The molecular formula is C19H25N5O3. The van der Waals surface area contributed by atoms with E-state index in [0.29, 0.717) is 24.5 Å². The number of allylic oxidation sites excluding steroid dienone is 1. The van der Waals surface area contributed by atoms with Crippen LogP contribution in [0.1, 0.15) is 41.2 Å². The quantitative estimate of drug-likeness (QED) is 0.687. The summed E-state index contributed by atoms with van der Waals surface area (Å²) in [5, 5.41) is 16.3. The van der Waals surface area contributed by atoms with Crippen LogP contribution in [0.2, 0.25) is 0 Å². The predicted octanol–water partition coefficient (Wildman–Crippen LogP) is 1.97. The molecule has 2 aromatic heterocycles. The number of aliphatic carboxylic acids is 1. The third-order valence-electron chi connectivity index (χ3n) is 4.23. The molecule has 1 unspecified atom stereocenters. The second kappa shape index (κ2) is 8.57. The smallest absolute Gasteiger partial charge is 0.326 e. The Morgan fingerprint density at radius 2 is 1.89 bits per heavy atom. The van der Waals surface area contributed by atoms with Gasteiger partial charge < -0.3 is 10.4 Å². The van der Waals surface area contributed by atoms with Crippen LogP contribution in [-0.2, 0) is 16.0 Å². The van der Waals surface area contributed by atoms with Crippen LogP contribution in [0.4, 0.5) is 0 Å². The molecule has 0 fully saturated rings. The lowest BCUT2D eigenvalue weighted by atomic mass is 10.1. The minimum Gasteiger partial charge on any atom is -0.480 e. The van der Waals surface area contributed by atoms with E-state index in [1.165, 1.54) is 0 Å². The van der Waals surface area contributed by atoms with E-state index in [0.717, 1.165) is 22.6 Å². The molecule has 1 atom stereocenters. The largest absolute Gasteiger partial charge is 0.480 e. The first-order valence-corrected chi connectivity index (χ1v) is 8.73. The van der Waals surface area contributed by atoms with Crippen LogP contribution in [-0.4, -0.2) is 42.8 Å². The minimum absolute atomic E-state index is 0.0420. The molecule has 0 aromatic carbocycles. The molecule has 8 nitrogen and oxygen atoms in total. The molecule has 0 aliphatic heterocycles. The molecule has 8 heteroatoms. The zero-order valence-electron chi connectivity index (χ0n) is 16.1. The molecule has 0 spiro atoms. The Bertz CT molecular complexity index is 852. The maximum Gasteiger partial charge on any atom is 0.326 e. The van der Waals surface area contributed by atoms with E-state index in [-0.39, 0.29) is 12.3 Å². The molecule has 0 saturated heterocycles. The molecular weight excluding hydrogens is 346 g/mol. The van der Waals surface area contributed by atoms with Gasteiger partial charge in [0.1, 0.15) is 6.04 Å². The fourth-order valence-corrected chi connectivity index (χ4v) is 2.88. The van der Waals surface area contributed by atoms with Gasteiger partial charge in [-0.15, -0.1) is 6.58 Å². The summed E-state index contributed by atoms with van der Waals surface area (Å²) in [6, 6.07) is 0.938. The number of aryl methyl sites for hydroxylation is 3. The van der Waals surface area contributed by atoms with Gasteiger partial charge in [-0.2, -0.15) is 5.10 Å². The van der Waals surface area contributed by atoms with Crippen LogP contribution in [0, 0.1) is 27.7 Å². The van der Waals surface area contributed by atoms with Gasteiger partial charge >= 0.3 is 5.97 Å². The Labute approximate surface area is 158 Å². The number of carbonyl (C=O) groups excluding carboxylic acids is 1. The first-order chi connectivity index (χ1) is 12.7. The van der Waals surface area contributed by atoms with Crippen LogP contribution in [0.25, 0.3) is 5.95 Å². The average molecular weight is 371 g/mol. The zero-order chi connectivity index (χ0) is 20.1. The minimum atomic E-state index is -1.06. The Kier molecular flexibility index (Phi) is 6.44. The second-order valence-electron chi connectivity index (χ2n) is 6.51. The van der Waals surface area contributed by atoms with Gasteiger partial charge in [-0.1, -0.05) is 6.08 Å². The molecule has 27 heavy (non-hydrogen) atoms. The highest BCUT2D eigenvalue weighted by molar-refractivity contribution is 5.85. The summed E-state index contributed by atoms with van der Waals surface area (Å²) in [5.41, 5.74) is 3.84. The highest BCUT2D eigenvalue weighted by atomic mass is 16.4. The van der Waals surface area contributed by atoms with E-state index >= 15 is 0 Å². The Hall–Kier alpha value is -3.03. The molecule has 2 N–H and O–H groups in total. The van der Waals surface area contributed by atoms with Crippen LogP contribution >= 0.6 is 0 Å². The lowest BCUT2D eigenvalue weighted by molar-refractivity contribution is -0.141. The molecule has 0 aliphatic carbocycles. The van der Waals surface area contributed by atoms with Gasteiger partial charge in [0.15, 0.2) is 0 Å². The van der Waals surface area contributed by atoms with Crippen molar-refractivity contribution in [2.45, 2.75) is 53.0 Å². The summed E-state index contributed by atoms with van der Waals surface area (Å²) >= 11 is 0. The highest BCUT2D eigenvalue weighted by Gasteiger charge is 2.22. The fraction of sp³-hybridized carbons (Fsp3) is 0.421. The van der Waals surface area contributed by atoms with E-state index in [1.807, 2.05) is 26.8 Å². The van der Waals surface area contributed by atoms with Crippen LogP contribution in [0.15, 0.2) is 18.7 Å². The van der Waals surface area contributed by atoms with Crippen molar-refractivity contribution in [2.24, 2.45) is 0 Å². The average Bonchev–Trinajstić information content (AvgIpc) is 2.85. The van der Waals surface area contributed by atoms with Crippen LogP contribution < -0.4 is 5.32 Å². The highest BCUT2D eigenvalue weighted by Crippen LogP contribution is 2.17. The van der Waals surface area contributed by atoms with E-state index in [1.54, 1.807) is 17.7 Å². The van der Waals surface area contributed by atoms with Gasteiger partial charge in [0, 0.05) is 22.6 Å². The number of nitrogens with zero attached hydrogens (tertiary/aromatic N) is 4. The summed E-state index contributed by atoms with van der Waals surface area (Å²) in [4.78, 5) is 32.5.